The molecule has 202 valence electrons. The first-order chi connectivity index (χ1) is 17.9. The van der Waals surface area contributed by atoms with Gasteiger partial charge in [0.05, 0.1) is 46.5 Å². The average Bonchev–Trinajstić information content (AvgIpc) is 2.88. The van der Waals surface area contributed by atoms with Crippen molar-refractivity contribution in [3.8, 4) is 6.07 Å². The summed E-state index contributed by atoms with van der Waals surface area (Å²) >= 11 is 2.01. The Balaban J connectivity index is 1.63. The van der Waals surface area contributed by atoms with E-state index in [1.165, 1.54) is 19.3 Å². The number of aromatic nitrogens is 2. The normalized spacial score (nSPS) is 23.5. The molecule has 0 spiro atoms. The highest BCUT2D eigenvalue weighted by Gasteiger charge is 2.44. The molecular formula is C24H28F2IN8O2P. The fourth-order valence-electron chi connectivity index (χ4n) is 5.05. The van der Waals surface area contributed by atoms with Gasteiger partial charge in [-0.25, -0.2) is 14.4 Å². The lowest BCUT2D eigenvalue weighted by molar-refractivity contribution is -0.140. The van der Waals surface area contributed by atoms with Crippen LogP contribution in [-0.2, 0) is 15.0 Å². The minimum atomic E-state index is -1.76. The summed E-state index contributed by atoms with van der Waals surface area (Å²) in [5, 5.41) is 7.72. The molecule has 38 heavy (non-hydrogen) atoms. The van der Waals surface area contributed by atoms with Gasteiger partial charge >= 0.3 is 0 Å². The molecule has 2 unspecified atom stereocenters. The molecule has 2 aliphatic heterocycles. The Kier molecular flexibility index (Phi) is 8.23. The Morgan fingerprint density at radius 1 is 1.32 bits per heavy atom. The maximum absolute atomic E-state index is 14.7. The zero-order valence-corrected chi connectivity index (χ0v) is 24.0. The highest BCUT2D eigenvalue weighted by atomic mass is 127. The number of nitrogen functional groups attached to an aromatic ring is 1. The number of nitriles is 1. The lowest BCUT2D eigenvalue weighted by Crippen LogP contribution is -2.62. The van der Waals surface area contributed by atoms with Gasteiger partial charge in [0, 0.05) is 25.3 Å². The molecule has 3 heterocycles. The topological polar surface area (TPSA) is 145 Å². The number of rotatable bonds is 6. The molecule has 4 rings (SSSR count). The van der Waals surface area contributed by atoms with Crippen molar-refractivity contribution < 1.29 is 18.4 Å². The summed E-state index contributed by atoms with van der Waals surface area (Å²) in [6.07, 6.45) is 2.64. The number of carbonyl (C=O) groups excluding carboxylic acids is 2. The molecule has 4 N–H and O–H groups in total. The van der Waals surface area contributed by atoms with Crippen LogP contribution in [-0.4, -0.2) is 58.4 Å². The van der Waals surface area contributed by atoms with E-state index in [0.29, 0.717) is 43.6 Å². The minimum absolute atomic E-state index is 0.00880. The Bertz CT molecular complexity index is 1290. The third-order valence-corrected chi connectivity index (χ3v) is 8.58. The molecule has 2 aromatic rings. The predicted molar refractivity (Wildman–Crippen MR) is 150 cm³/mol. The first-order valence-corrected chi connectivity index (χ1v) is 13.6. The van der Waals surface area contributed by atoms with Crippen LogP contribution >= 0.6 is 32.1 Å². The van der Waals surface area contributed by atoms with E-state index in [1.807, 2.05) is 28.9 Å². The summed E-state index contributed by atoms with van der Waals surface area (Å²) < 4.78 is 31.1. The Labute approximate surface area is 235 Å². The van der Waals surface area contributed by atoms with Gasteiger partial charge in [-0.2, -0.15) is 9.65 Å². The number of alkyl halides is 1. The second-order valence-corrected chi connectivity index (χ2v) is 11.8. The SMILES string of the molecule is CC(F)(P)c1cc(C#N)cc(N(I)[C@@H]2CCCN([C@H]3CN(c4ncnc(N)c4F)CC[C@@H]3C(N)=O)C2=O)c1. The fraction of sp³-hybridized carbons (Fsp3) is 0.458. The van der Waals surface area contributed by atoms with Crippen molar-refractivity contribution in [1.82, 2.24) is 14.9 Å². The monoisotopic (exact) mass is 656 g/mol. The second kappa shape index (κ2) is 11.1. The zero-order chi connectivity index (χ0) is 27.8. The standard InChI is InChI=1S/C24H28F2IN8O2P/c1-24(26,38)14-7-13(10-28)8-15(9-14)35(27)17-3-2-5-34(23(17)37)18-11-33(6-4-16(18)21(30)36)22-19(25)20(29)31-12-32-22/h7-9,12,16-18H,2-6,11,38H2,1H3,(H2,30,36)(H2,29,31,32)/t16-,17+,18-,24?/m0/s1. The molecule has 0 radical (unpaired) electrons. The number of primary amides is 1. The maximum Gasteiger partial charge on any atom is 0.246 e. The zero-order valence-electron chi connectivity index (χ0n) is 20.6. The van der Waals surface area contributed by atoms with Gasteiger partial charge in [-0.3, -0.25) is 9.59 Å². The minimum Gasteiger partial charge on any atom is -0.381 e. The molecule has 2 aliphatic rings. The van der Waals surface area contributed by atoms with Crippen molar-refractivity contribution >= 4 is 61.2 Å². The summed E-state index contributed by atoms with van der Waals surface area (Å²) in [5.41, 5.74) is 12.4. The Hall–Kier alpha value is -2.85. The van der Waals surface area contributed by atoms with E-state index in [-0.39, 0.29) is 29.7 Å². The van der Waals surface area contributed by atoms with Crippen LogP contribution in [0.1, 0.15) is 37.3 Å². The van der Waals surface area contributed by atoms with Crippen molar-refractivity contribution in [1.29, 1.82) is 5.26 Å². The van der Waals surface area contributed by atoms with Gasteiger partial charge in [0.15, 0.2) is 11.6 Å². The molecule has 2 saturated heterocycles. The van der Waals surface area contributed by atoms with E-state index in [1.54, 1.807) is 25.0 Å². The maximum atomic E-state index is 14.7. The summed E-state index contributed by atoms with van der Waals surface area (Å²) in [5.74, 6) is -2.43. The van der Waals surface area contributed by atoms with Crippen LogP contribution in [0, 0.1) is 23.1 Å². The second-order valence-electron chi connectivity index (χ2n) is 9.66. The highest BCUT2D eigenvalue weighted by Crippen LogP contribution is 2.38. The van der Waals surface area contributed by atoms with Crippen molar-refractivity contribution in [2.24, 2.45) is 11.7 Å². The number of nitrogens with zero attached hydrogens (tertiary/aromatic N) is 6. The van der Waals surface area contributed by atoms with E-state index < -0.39 is 35.1 Å². The van der Waals surface area contributed by atoms with Gasteiger partial charge in [0.1, 0.15) is 17.8 Å². The predicted octanol–water partition coefficient (Wildman–Crippen LogP) is 2.61. The molecule has 0 bridgehead atoms. The quantitative estimate of drug-likeness (QED) is 0.274. The number of carbonyl (C=O) groups is 2. The fourth-order valence-corrected chi connectivity index (χ4v) is 6.01. The largest absolute Gasteiger partial charge is 0.381 e. The van der Waals surface area contributed by atoms with Gasteiger partial charge in [0.25, 0.3) is 0 Å². The smallest absolute Gasteiger partial charge is 0.246 e. The van der Waals surface area contributed by atoms with Crippen molar-refractivity contribution in [3.05, 3.63) is 41.5 Å². The lowest BCUT2D eigenvalue weighted by Gasteiger charge is -2.47. The van der Waals surface area contributed by atoms with Crippen molar-refractivity contribution in [3.63, 3.8) is 0 Å². The number of amides is 2. The molecular weight excluding hydrogens is 628 g/mol. The third-order valence-electron chi connectivity index (χ3n) is 7.02. The molecule has 0 saturated carbocycles. The van der Waals surface area contributed by atoms with Crippen LogP contribution in [0.3, 0.4) is 0 Å². The molecule has 2 amide bonds. The summed E-state index contributed by atoms with van der Waals surface area (Å²) in [6.45, 7) is 2.22. The summed E-state index contributed by atoms with van der Waals surface area (Å²) in [6, 6.07) is 5.50. The van der Waals surface area contributed by atoms with E-state index in [0.717, 1.165) is 0 Å². The van der Waals surface area contributed by atoms with Crippen LogP contribution in [0.25, 0.3) is 0 Å². The van der Waals surface area contributed by atoms with E-state index >= 15 is 0 Å². The Morgan fingerprint density at radius 2 is 2.05 bits per heavy atom. The number of halogens is 3. The number of nitrogens with two attached hydrogens (primary N) is 2. The molecule has 1 aromatic carbocycles. The number of benzene rings is 1. The van der Waals surface area contributed by atoms with Crippen LogP contribution < -0.4 is 19.5 Å². The van der Waals surface area contributed by atoms with Gasteiger partial charge in [-0.05, 0) is 49.9 Å². The van der Waals surface area contributed by atoms with Crippen molar-refractivity contribution in [2.45, 2.75) is 43.7 Å². The van der Waals surface area contributed by atoms with E-state index in [4.69, 9.17) is 11.5 Å². The van der Waals surface area contributed by atoms with Crippen LogP contribution in [0.15, 0.2) is 24.5 Å². The summed E-state index contributed by atoms with van der Waals surface area (Å²) in [4.78, 5) is 37.2. The number of likely N-dealkylation sites (tertiary alicyclic amines) is 1. The van der Waals surface area contributed by atoms with E-state index in [9.17, 15) is 23.6 Å². The number of hydrogen-bond donors (Lipinski definition) is 2. The molecule has 0 aliphatic carbocycles. The van der Waals surface area contributed by atoms with Crippen LogP contribution in [0.5, 0.6) is 0 Å². The summed E-state index contributed by atoms with van der Waals surface area (Å²) in [7, 11) is 2.11. The number of piperidine rings is 2. The third kappa shape index (κ3) is 5.61. The van der Waals surface area contributed by atoms with Crippen molar-refractivity contribution in [2.75, 3.05) is 33.4 Å². The first-order valence-electron chi connectivity index (χ1n) is 12.0. The number of hydrogen-bond acceptors (Lipinski definition) is 8. The molecule has 2 fully saturated rings. The lowest BCUT2D eigenvalue weighted by atomic mass is 9.87. The van der Waals surface area contributed by atoms with Crippen LogP contribution in [0.2, 0.25) is 0 Å². The van der Waals surface area contributed by atoms with Gasteiger partial charge in [-0.1, -0.05) is 9.24 Å². The highest BCUT2D eigenvalue weighted by molar-refractivity contribution is 14.1. The first kappa shape index (κ1) is 28.2. The molecule has 10 nitrogen and oxygen atoms in total. The molecule has 1 aromatic heterocycles. The average molecular weight is 656 g/mol. The number of anilines is 3. The molecule has 5 atom stereocenters. The van der Waals surface area contributed by atoms with E-state index in [2.05, 4.69) is 19.2 Å². The van der Waals surface area contributed by atoms with Gasteiger partial charge in [-0.15, -0.1) is 0 Å². The van der Waals surface area contributed by atoms with Crippen LogP contribution in [0.4, 0.5) is 26.1 Å². The van der Waals surface area contributed by atoms with Gasteiger partial charge in [0.2, 0.25) is 17.6 Å². The van der Waals surface area contributed by atoms with Gasteiger partial charge < -0.3 is 24.4 Å². The Morgan fingerprint density at radius 3 is 2.71 bits per heavy atom. The molecule has 14 heteroatoms.